The molecule has 6 nitrogen and oxygen atoms in total. The molecule has 1 amide bonds. The molecule has 0 aliphatic rings. The van der Waals surface area contributed by atoms with E-state index in [4.69, 9.17) is 4.74 Å². The van der Waals surface area contributed by atoms with Crippen LogP contribution >= 0.6 is 0 Å². The van der Waals surface area contributed by atoms with Crippen LogP contribution < -0.4 is 5.32 Å². The monoisotopic (exact) mass is 424 g/mol. The Bertz CT molecular complexity index is 906. The Labute approximate surface area is 172 Å². The van der Waals surface area contributed by atoms with Crippen LogP contribution in [0, 0.1) is 17.0 Å². The van der Waals surface area contributed by atoms with Gasteiger partial charge in [-0.3, -0.25) is 10.1 Å². The molecule has 0 saturated carbocycles. The van der Waals surface area contributed by atoms with Gasteiger partial charge in [0.05, 0.1) is 5.56 Å². The summed E-state index contributed by atoms with van der Waals surface area (Å²) in [5, 5.41) is 14.4. The number of halogens is 3. The lowest BCUT2D eigenvalue weighted by atomic mass is 9.92. The SMILES string of the molecule is Cc1ccc([C@@H](NC(=O)OC(C)(C)C)[C@H](c2cccc(C(F)(F)F)c2)[N+](=O)[O-])cc1. The minimum Gasteiger partial charge on any atom is -0.444 e. The molecule has 30 heavy (non-hydrogen) atoms. The van der Waals surface area contributed by atoms with E-state index in [1.165, 1.54) is 6.07 Å². The summed E-state index contributed by atoms with van der Waals surface area (Å²) in [6, 6.07) is 7.55. The van der Waals surface area contributed by atoms with Crippen molar-refractivity contribution in [2.24, 2.45) is 0 Å². The molecule has 0 radical (unpaired) electrons. The van der Waals surface area contributed by atoms with Gasteiger partial charge in [0.15, 0.2) is 0 Å². The number of hydrogen-bond donors (Lipinski definition) is 1. The van der Waals surface area contributed by atoms with Gasteiger partial charge >= 0.3 is 12.3 Å². The number of alkyl halides is 3. The molecular weight excluding hydrogens is 401 g/mol. The molecule has 0 fully saturated rings. The van der Waals surface area contributed by atoms with Gasteiger partial charge in [0.1, 0.15) is 11.6 Å². The number of alkyl carbamates (subject to hydrolysis) is 1. The molecule has 2 aromatic rings. The number of carbonyl (C=O) groups is 1. The zero-order valence-electron chi connectivity index (χ0n) is 17.0. The fourth-order valence-electron chi connectivity index (χ4n) is 2.89. The molecule has 2 rings (SSSR count). The van der Waals surface area contributed by atoms with Gasteiger partial charge in [0.2, 0.25) is 0 Å². The first-order chi connectivity index (χ1) is 13.8. The molecule has 0 bridgehead atoms. The lowest BCUT2D eigenvalue weighted by Crippen LogP contribution is -2.39. The van der Waals surface area contributed by atoms with E-state index in [-0.39, 0.29) is 5.56 Å². The van der Waals surface area contributed by atoms with Gasteiger partial charge < -0.3 is 10.1 Å². The van der Waals surface area contributed by atoms with Crippen molar-refractivity contribution >= 4 is 6.09 Å². The smallest absolute Gasteiger partial charge is 0.416 e. The number of hydrogen-bond acceptors (Lipinski definition) is 4. The molecule has 9 heteroatoms. The second kappa shape index (κ2) is 8.73. The van der Waals surface area contributed by atoms with Crippen molar-refractivity contribution < 1.29 is 27.6 Å². The van der Waals surface area contributed by atoms with Crippen LogP contribution in [0.25, 0.3) is 0 Å². The van der Waals surface area contributed by atoms with Crippen LogP contribution in [0.5, 0.6) is 0 Å². The first kappa shape index (κ1) is 23.2. The van der Waals surface area contributed by atoms with Gasteiger partial charge in [-0.2, -0.15) is 13.2 Å². The Morgan fingerprint density at radius 3 is 2.17 bits per heavy atom. The molecule has 0 aliphatic carbocycles. The highest BCUT2D eigenvalue weighted by molar-refractivity contribution is 5.68. The van der Waals surface area contributed by atoms with Gasteiger partial charge in [-0.1, -0.05) is 42.0 Å². The number of ether oxygens (including phenoxy) is 1. The van der Waals surface area contributed by atoms with Gasteiger partial charge in [-0.15, -0.1) is 0 Å². The third kappa shape index (κ3) is 6.20. The molecule has 0 unspecified atom stereocenters. The summed E-state index contributed by atoms with van der Waals surface area (Å²) in [5.41, 5.74) is -0.803. The van der Waals surface area contributed by atoms with Crippen LogP contribution in [-0.4, -0.2) is 16.6 Å². The average molecular weight is 424 g/mol. The highest BCUT2D eigenvalue weighted by Crippen LogP contribution is 2.36. The molecule has 0 spiro atoms. The Kier molecular flexibility index (Phi) is 6.74. The topological polar surface area (TPSA) is 81.5 Å². The predicted molar refractivity (Wildman–Crippen MR) is 104 cm³/mol. The summed E-state index contributed by atoms with van der Waals surface area (Å²) in [5.74, 6) is 0. The summed E-state index contributed by atoms with van der Waals surface area (Å²) in [6.45, 7) is 6.71. The lowest BCUT2D eigenvalue weighted by Gasteiger charge is -2.26. The van der Waals surface area contributed by atoms with Crippen LogP contribution in [0.3, 0.4) is 0 Å². The van der Waals surface area contributed by atoms with Crippen molar-refractivity contribution in [3.8, 4) is 0 Å². The van der Waals surface area contributed by atoms with Crippen molar-refractivity contribution in [2.45, 2.75) is 51.6 Å². The Hall–Kier alpha value is -3.10. The van der Waals surface area contributed by atoms with E-state index in [9.17, 15) is 28.1 Å². The molecule has 162 valence electrons. The molecule has 0 aromatic heterocycles. The molecule has 2 aromatic carbocycles. The zero-order chi connectivity index (χ0) is 22.7. The van der Waals surface area contributed by atoms with Crippen LogP contribution in [0.1, 0.15) is 55.1 Å². The fourth-order valence-corrected chi connectivity index (χ4v) is 2.89. The summed E-state index contributed by atoms with van der Waals surface area (Å²) in [6.07, 6.45) is -5.57. The van der Waals surface area contributed by atoms with Gasteiger partial charge in [0.25, 0.3) is 6.04 Å². The first-order valence-corrected chi connectivity index (χ1v) is 9.14. The zero-order valence-corrected chi connectivity index (χ0v) is 17.0. The number of nitrogens with one attached hydrogen (secondary N) is 1. The summed E-state index contributed by atoms with van der Waals surface area (Å²) < 4.78 is 44.6. The van der Waals surface area contributed by atoms with Crippen molar-refractivity contribution in [1.82, 2.24) is 5.32 Å². The molecular formula is C21H23F3N2O4. The minimum absolute atomic E-state index is 0.184. The number of carbonyl (C=O) groups excluding carboxylic acids is 1. The van der Waals surface area contributed by atoms with Crippen molar-refractivity contribution in [3.63, 3.8) is 0 Å². The number of nitro groups is 1. The lowest BCUT2D eigenvalue weighted by molar-refractivity contribution is -0.534. The summed E-state index contributed by atoms with van der Waals surface area (Å²) >= 11 is 0. The molecule has 2 atom stereocenters. The maximum absolute atomic E-state index is 13.1. The van der Waals surface area contributed by atoms with Crippen molar-refractivity contribution in [2.75, 3.05) is 0 Å². The van der Waals surface area contributed by atoms with Crippen LogP contribution in [0.2, 0.25) is 0 Å². The highest BCUT2D eigenvalue weighted by atomic mass is 19.4. The van der Waals surface area contributed by atoms with Crippen molar-refractivity contribution in [1.29, 1.82) is 0 Å². The number of nitrogens with zero attached hydrogens (tertiary/aromatic N) is 1. The Morgan fingerprint density at radius 1 is 1.07 bits per heavy atom. The normalized spacial score (nSPS) is 14.0. The van der Waals surface area contributed by atoms with E-state index >= 15 is 0 Å². The predicted octanol–water partition coefficient (Wildman–Crippen LogP) is 5.60. The van der Waals surface area contributed by atoms with E-state index in [1.54, 1.807) is 45.0 Å². The molecule has 0 heterocycles. The van der Waals surface area contributed by atoms with E-state index in [1.807, 2.05) is 6.92 Å². The van der Waals surface area contributed by atoms with E-state index < -0.39 is 40.4 Å². The molecule has 1 N–H and O–H groups in total. The largest absolute Gasteiger partial charge is 0.444 e. The van der Waals surface area contributed by atoms with E-state index in [2.05, 4.69) is 5.32 Å². The number of amides is 1. The van der Waals surface area contributed by atoms with Crippen LogP contribution in [0.15, 0.2) is 48.5 Å². The van der Waals surface area contributed by atoms with Crippen molar-refractivity contribution in [3.05, 3.63) is 80.9 Å². The fraction of sp³-hybridized carbons (Fsp3) is 0.381. The number of benzene rings is 2. The Morgan fingerprint density at radius 2 is 1.67 bits per heavy atom. The quantitative estimate of drug-likeness (QED) is 0.501. The van der Waals surface area contributed by atoms with Gasteiger partial charge in [-0.05, 0) is 45.4 Å². The van der Waals surface area contributed by atoms with E-state index in [0.29, 0.717) is 5.56 Å². The second-order valence-corrected chi connectivity index (χ2v) is 7.89. The van der Waals surface area contributed by atoms with Gasteiger partial charge in [0, 0.05) is 10.5 Å². The number of aryl methyl sites for hydroxylation is 1. The average Bonchev–Trinajstić information content (AvgIpc) is 2.59. The molecule has 0 aliphatic heterocycles. The third-order valence-corrected chi connectivity index (χ3v) is 4.21. The van der Waals surface area contributed by atoms with Crippen LogP contribution in [-0.2, 0) is 10.9 Å². The van der Waals surface area contributed by atoms with Gasteiger partial charge in [-0.25, -0.2) is 4.79 Å². The summed E-state index contributed by atoms with van der Waals surface area (Å²) in [4.78, 5) is 23.6. The van der Waals surface area contributed by atoms with E-state index in [0.717, 1.165) is 23.8 Å². The second-order valence-electron chi connectivity index (χ2n) is 7.89. The third-order valence-electron chi connectivity index (χ3n) is 4.21. The minimum atomic E-state index is -4.66. The number of rotatable bonds is 5. The van der Waals surface area contributed by atoms with Crippen LogP contribution in [0.4, 0.5) is 18.0 Å². The highest BCUT2D eigenvalue weighted by Gasteiger charge is 2.39. The standard InChI is InChI=1S/C21H23F3N2O4/c1-13-8-10-14(11-9-13)17(25-19(27)30-20(2,3)4)18(26(28)29)15-6-5-7-16(12-15)21(22,23)24/h5-12,17-18H,1-4H3,(H,25,27)/t17-,18+/m1/s1. The molecule has 0 saturated heterocycles. The maximum atomic E-state index is 13.1. The summed E-state index contributed by atoms with van der Waals surface area (Å²) in [7, 11) is 0. The maximum Gasteiger partial charge on any atom is 0.416 e. The first-order valence-electron chi connectivity index (χ1n) is 9.14. The Balaban J connectivity index is 2.53.